The zero-order valence-corrected chi connectivity index (χ0v) is 26.0. The number of benzene rings is 1. The Labute approximate surface area is 243 Å². The summed E-state index contributed by atoms with van der Waals surface area (Å²) in [7, 11) is 0. The van der Waals surface area contributed by atoms with Crippen molar-refractivity contribution in [3.63, 3.8) is 0 Å². The minimum Gasteiger partial charge on any atom is -0.460 e. The van der Waals surface area contributed by atoms with Crippen LogP contribution in [-0.4, -0.2) is 17.2 Å². The van der Waals surface area contributed by atoms with Gasteiger partial charge in [-0.05, 0) is 128 Å². The Morgan fingerprint density at radius 1 is 0.875 bits per heavy atom. The molecule has 0 aliphatic heterocycles. The molecule has 5 aliphatic carbocycles. The Bertz CT molecular complexity index is 1140. The molecule has 0 spiro atoms. The second-order valence-corrected chi connectivity index (χ2v) is 16.0. The highest BCUT2D eigenvalue weighted by molar-refractivity contribution is 5.78. The number of rotatable bonds is 4. The van der Waals surface area contributed by atoms with Gasteiger partial charge in [-0.3, -0.25) is 4.79 Å². The molecule has 0 heterocycles. The van der Waals surface area contributed by atoms with E-state index in [1.807, 2.05) is 18.2 Å². The van der Waals surface area contributed by atoms with Crippen molar-refractivity contribution < 1.29 is 14.6 Å². The minimum absolute atomic E-state index is 0.0151. The number of allylic oxidation sites excluding steroid dienone is 2. The van der Waals surface area contributed by atoms with Crippen molar-refractivity contribution in [3.8, 4) is 0 Å². The topological polar surface area (TPSA) is 46.5 Å². The van der Waals surface area contributed by atoms with Crippen LogP contribution in [0.15, 0.2) is 42.5 Å². The molecule has 0 unspecified atom stereocenters. The first kappa shape index (κ1) is 28.5. The van der Waals surface area contributed by atoms with Gasteiger partial charge in [0.25, 0.3) is 0 Å². The number of aliphatic hydroxyl groups is 1. The normalized spacial score (nSPS) is 47.6. The molecular formula is C37H54O3. The molecule has 1 N–H and O–H groups in total. The van der Waals surface area contributed by atoms with Crippen molar-refractivity contribution in [3.05, 3.63) is 48.0 Å². The smallest absolute Gasteiger partial charge is 0.312 e. The van der Waals surface area contributed by atoms with Crippen LogP contribution in [0.1, 0.15) is 111 Å². The molecule has 3 nitrogen and oxygen atoms in total. The van der Waals surface area contributed by atoms with Crippen LogP contribution in [0.2, 0.25) is 0 Å². The van der Waals surface area contributed by atoms with E-state index in [1.54, 1.807) is 0 Å². The van der Waals surface area contributed by atoms with Crippen molar-refractivity contribution in [1.29, 1.82) is 0 Å². The molecule has 220 valence electrons. The number of carbonyl (C=O) groups excluding carboxylic acids is 1. The second-order valence-electron chi connectivity index (χ2n) is 16.0. The predicted molar refractivity (Wildman–Crippen MR) is 161 cm³/mol. The Kier molecular flexibility index (Phi) is 6.92. The number of hydrogen-bond donors (Lipinski definition) is 1. The van der Waals surface area contributed by atoms with Gasteiger partial charge in [-0.15, -0.1) is 0 Å². The van der Waals surface area contributed by atoms with Crippen molar-refractivity contribution in [1.82, 2.24) is 0 Å². The monoisotopic (exact) mass is 546 g/mol. The lowest BCUT2D eigenvalue weighted by Gasteiger charge is -2.72. The van der Waals surface area contributed by atoms with E-state index in [4.69, 9.17) is 4.74 Å². The maximum absolute atomic E-state index is 14.1. The standard InChI is InChI=1S/C37H54O3/c1-7-11-26-16-21-37(32(39)40-24-25-12-9-8-10-13-25)23-22-35(5)27(31(26)37)14-15-29-34(4)19-18-30(38)33(2,3)28(34)17-20-36(29,35)6/h7-13,26-31,38H,14-24H2,1-6H3/t26-,27+,28-,29+,30-,31+,34-,35+,36+,37-/m0/s1. The number of fused-ring (bicyclic) bond motifs is 7. The van der Waals surface area contributed by atoms with Crippen LogP contribution >= 0.6 is 0 Å². The SMILES string of the molecule is CC=C[C@H]1CC[C@]2(C(=O)OCc3ccccc3)CC[C@]3(C)[C@H](CC[C@@H]4[C@@]5(C)CC[C@H](O)C(C)(C)[C@@H]5CC[C@]43C)[C@@H]12. The third-order valence-corrected chi connectivity index (χ3v) is 14.5. The van der Waals surface area contributed by atoms with E-state index in [2.05, 4.69) is 65.8 Å². The van der Waals surface area contributed by atoms with Crippen LogP contribution in [0.3, 0.4) is 0 Å². The molecule has 1 aromatic rings. The van der Waals surface area contributed by atoms with Gasteiger partial charge >= 0.3 is 5.97 Å². The highest BCUT2D eigenvalue weighted by Crippen LogP contribution is 2.77. The van der Waals surface area contributed by atoms with Crippen molar-refractivity contribution in [2.45, 2.75) is 118 Å². The van der Waals surface area contributed by atoms with Gasteiger partial charge in [-0.2, -0.15) is 0 Å². The largest absolute Gasteiger partial charge is 0.460 e. The molecule has 0 radical (unpaired) electrons. The summed E-state index contributed by atoms with van der Waals surface area (Å²) in [6, 6.07) is 10.2. The van der Waals surface area contributed by atoms with Gasteiger partial charge in [-0.25, -0.2) is 0 Å². The van der Waals surface area contributed by atoms with Gasteiger partial charge in [0.15, 0.2) is 0 Å². The summed E-state index contributed by atoms with van der Waals surface area (Å²) in [5.74, 6) is 2.73. The Hall–Kier alpha value is -1.61. The zero-order valence-electron chi connectivity index (χ0n) is 26.0. The molecule has 0 bridgehead atoms. The molecule has 5 aliphatic rings. The summed E-state index contributed by atoms with van der Waals surface area (Å²) >= 11 is 0. The third-order valence-electron chi connectivity index (χ3n) is 14.5. The summed E-state index contributed by atoms with van der Waals surface area (Å²) < 4.78 is 6.18. The van der Waals surface area contributed by atoms with E-state index >= 15 is 0 Å². The van der Waals surface area contributed by atoms with Gasteiger partial charge in [0.1, 0.15) is 6.61 Å². The first-order valence-corrected chi connectivity index (χ1v) is 16.5. The second kappa shape index (κ2) is 9.72. The molecule has 10 atom stereocenters. The third kappa shape index (κ3) is 3.81. The molecule has 40 heavy (non-hydrogen) atoms. The molecule has 5 fully saturated rings. The number of carbonyl (C=O) groups is 1. The molecule has 0 saturated heterocycles. The van der Waals surface area contributed by atoms with E-state index in [0.29, 0.717) is 36.2 Å². The van der Waals surface area contributed by atoms with Crippen LogP contribution in [0.4, 0.5) is 0 Å². The summed E-state index contributed by atoms with van der Waals surface area (Å²) in [4.78, 5) is 14.1. The van der Waals surface area contributed by atoms with E-state index in [-0.39, 0.29) is 39.1 Å². The summed E-state index contributed by atoms with van der Waals surface area (Å²) in [6.07, 6.45) is 15.7. The van der Waals surface area contributed by atoms with Crippen molar-refractivity contribution >= 4 is 5.97 Å². The summed E-state index contributed by atoms with van der Waals surface area (Å²) in [5, 5.41) is 11.0. The van der Waals surface area contributed by atoms with Crippen LogP contribution in [-0.2, 0) is 16.1 Å². The quantitative estimate of drug-likeness (QED) is 0.303. The highest BCUT2D eigenvalue weighted by Gasteiger charge is 2.71. The Morgan fingerprint density at radius 3 is 2.35 bits per heavy atom. The van der Waals surface area contributed by atoms with Gasteiger partial charge in [-0.1, -0.05) is 77.1 Å². The lowest BCUT2D eigenvalue weighted by Crippen LogP contribution is -2.67. The van der Waals surface area contributed by atoms with Gasteiger partial charge in [0, 0.05) is 0 Å². The molecule has 6 rings (SSSR count). The number of ether oxygens (including phenoxy) is 1. The first-order chi connectivity index (χ1) is 18.9. The predicted octanol–water partition coefficient (Wildman–Crippen LogP) is 8.75. The molecule has 1 aromatic carbocycles. The fourth-order valence-electron chi connectivity index (χ4n) is 12.3. The maximum Gasteiger partial charge on any atom is 0.312 e. The van der Waals surface area contributed by atoms with Crippen molar-refractivity contribution in [2.24, 2.45) is 56.7 Å². The molecular weight excluding hydrogens is 492 g/mol. The fraction of sp³-hybridized carbons (Fsp3) is 0.757. The summed E-state index contributed by atoms with van der Waals surface area (Å²) in [6.45, 7) is 15.1. The number of esters is 1. The van der Waals surface area contributed by atoms with Crippen LogP contribution in [0, 0.1) is 56.7 Å². The van der Waals surface area contributed by atoms with Crippen LogP contribution in [0.25, 0.3) is 0 Å². The molecule has 0 amide bonds. The minimum atomic E-state index is -0.343. The van der Waals surface area contributed by atoms with Crippen LogP contribution < -0.4 is 0 Å². The lowest BCUT2D eigenvalue weighted by atomic mass is 9.32. The van der Waals surface area contributed by atoms with Gasteiger partial charge in [0.05, 0.1) is 11.5 Å². The number of hydrogen-bond acceptors (Lipinski definition) is 3. The van der Waals surface area contributed by atoms with E-state index in [9.17, 15) is 9.90 Å². The van der Waals surface area contributed by atoms with E-state index < -0.39 is 0 Å². The highest BCUT2D eigenvalue weighted by atomic mass is 16.5. The van der Waals surface area contributed by atoms with Gasteiger partial charge < -0.3 is 9.84 Å². The van der Waals surface area contributed by atoms with E-state index in [1.165, 1.54) is 25.7 Å². The lowest BCUT2D eigenvalue weighted by molar-refractivity contribution is -0.248. The van der Waals surface area contributed by atoms with Crippen molar-refractivity contribution in [2.75, 3.05) is 0 Å². The maximum atomic E-state index is 14.1. The molecule has 5 saturated carbocycles. The average molecular weight is 547 g/mol. The fourth-order valence-corrected chi connectivity index (χ4v) is 12.3. The Morgan fingerprint density at radius 2 is 1.62 bits per heavy atom. The zero-order chi connectivity index (χ0) is 28.6. The first-order valence-electron chi connectivity index (χ1n) is 16.5. The molecule has 3 heteroatoms. The Balaban J connectivity index is 1.33. The van der Waals surface area contributed by atoms with E-state index in [0.717, 1.165) is 44.1 Å². The average Bonchev–Trinajstić information content (AvgIpc) is 3.30. The number of aliphatic hydroxyl groups excluding tert-OH is 1. The molecule has 0 aromatic heterocycles. The van der Waals surface area contributed by atoms with Crippen LogP contribution in [0.5, 0.6) is 0 Å². The summed E-state index contributed by atoms with van der Waals surface area (Å²) in [5.41, 5.74) is 1.49. The van der Waals surface area contributed by atoms with Gasteiger partial charge in [0.2, 0.25) is 0 Å².